The number of fused-ring (bicyclic) bond motifs is 1. The first-order valence-corrected chi connectivity index (χ1v) is 6.88. The fourth-order valence-electron chi connectivity index (χ4n) is 1.57. The summed E-state index contributed by atoms with van der Waals surface area (Å²) in [7, 11) is 0. The Morgan fingerprint density at radius 1 is 1.50 bits per heavy atom. The number of ketones is 1. The molecule has 0 amide bonds. The highest BCUT2D eigenvalue weighted by molar-refractivity contribution is 7.98. The lowest BCUT2D eigenvalue weighted by Gasteiger charge is -2.06. The van der Waals surface area contributed by atoms with Gasteiger partial charge in [-0.1, -0.05) is 6.92 Å². The van der Waals surface area contributed by atoms with Gasteiger partial charge in [0.15, 0.2) is 5.78 Å². The second-order valence-electron chi connectivity index (χ2n) is 3.30. The minimum atomic E-state index is 0.302. The minimum absolute atomic E-state index is 0.302. The lowest BCUT2D eigenvalue weighted by molar-refractivity contribution is 0.0976. The lowest BCUT2D eigenvalue weighted by Crippen LogP contribution is -2.07. The van der Waals surface area contributed by atoms with Crippen LogP contribution in [0.25, 0.3) is 0 Å². The van der Waals surface area contributed by atoms with Crippen molar-refractivity contribution in [3.63, 3.8) is 0 Å². The average Bonchev–Trinajstić information content (AvgIpc) is 2.59. The molecule has 1 aliphatic carbocycles. The Balaban J connectivity index is 2.17. The van der Waals surface area contributed by atoms with Gasteiger partial charge < -0.3 is 0 Å². The summed E-state index contributed by atoms with van der Waals surface area (Å²) in [6.45, 7) is 2.14. The Kier molecular flexibility index (Phi) is 3.23. The van der Waals surface area contributed by atoms with Crippen molar-refractivity contribution >= 4 is 28.9 Å². The molecule has 0 saturated heterocycles. The standard InChI is InChI=1S/C10H13NOS2/c1-2-13-6-9-11-7-4-3-5-8(12)10(7)14-9/h2-6H2,1H3. The molecule has 2 rings (SSSR count). The van der Waals surface area contributed by atoms with Crippen LogP contribution in [0.4, 0.5) is 0 Å². The molecule has 0 radical (unpaired) electrons. The summed E-state index contributed by atoms with van der Waals surface area (Å²) < 4.78 is 0. The van der Waals surface area contributed by atoms with Crippen LogP contribution in [0.1, 0.15) is 40.1 Å². The molecule has 0 saturated carbocycles. The van der Waals surface area contributed by atoms with Crippen LogP contribution in [-0.2, 0) is 12.2 Å². The molecular weight excluding hydrogens is 214 g/mol. The van der Waals surface area contributed by atoms with Gasteiger partial charge in [0.2, 0.25) is 0 Å². The summed E-state index contributed by atoms with van der Waals surface area (Å²) in [6, 6.07) is 0. The van der Waals surface area contributed by atoms with Crippen LogP contribution >= 0.6 is 23.1 Å². The number of aryl methyl sites for hydroxylation is 1. The van der Waals surface area contributed by atoms with Gasteiger partial charge in [-0.2, -0.15) is 11.8 Å². The van der Waals surface area contributed by atoms with Crippen molar-refractivity contribution in [3.8, 4) is 0 Å². The third-order valence-corrected chi connectivity index (χ3v) is 4.45. The van der Waals surface area contributed by atoms with E-state index in [2.05, 4.69) is 11.9 Å². The van der Waals surface area contributed by atoms with Gasteiger partial charge in [0.1, 0.15) is 5.01 Å². The summed E-state index contributed by atoms with van der Waals surface area (Å²) in [4.78, 5) is 17.0. The molecule has 0 N–H and O–H groups in total. The van der Waals surface area contributed by atoms with Gasteiger partial charge in [-0.15, -0.1) is 11.3 Å². The first kappa shape index (κ1) is 10.2. The van der Waals surface area contributed by atoms with Crippen LogP contribution < -0.4 is 0 Å². The lowest BCUT2D eigenvalue weighted by atomic mass is 10.0. The molecule has 0 aliphatic heterocycles. The SMILES string of the molecule is CCSCc1nc2c(s1)C(=O)CCC2. The number of rotatable bonds is 3. The molecule has 76 valence electrons. The zero-order chi connectivity index (χ0) is 9.97. The van der Waals surface area contributed by atoms with E-state index < -0.39 is 0 Å². The second-order valence-corrected chi connectivity index (χ2v) is 5.66. The Labute approximate surface area is 92.1 Å². The number of hydrogen-bond acceptors (Lipinski definition) is 4. The number of aromatic nitrogens is 1. The van der Waals surface area contributed by atoms with Crippen LogP contribution in [0.2, 0.25) is 0 Å². The Hall–Kier alpha value is -0.350. The molecule has 0 bridgehead atoms. The highest BCUT2D eigenvalue weighted by atomic mass is 32.2. The van der Waals surface area contributed by atoms with Crippen molar-refractivity contribution in [2.45, 2.75) is 31.9 Å². The van der Waals surface area contributed by atoms with E-state index >= 15 is 0 Å². The van der Waals surface area contributed by atoms with Crippen LogP contribution in [0.15, 0.2) is 0 Å². The number of thioether (sulfide) groups is 1. The van der Waals surface area contributed by atoms with E-state index in [4.69, 9.17) is 0 Å². The molecule has 2 nitrogen and oxygen atoms in total. The highest BCUT2D eigenvalue weighted by Gasteiger charge is 2.21. The summed E-state index contributed by atoms with van der Waals surface area (Å²) >= 11 is 3.46. The van der Waals surface area contributed by atoms with Gasteiger partial charge in [0, 0.05) is 12.2 Å². The molecule has 0 atom stereocenters. The van der Waals surface area contributed by atoms with E-state index in [9.17, 15) is 4.79 Å². The molecule has 1 aromatic rings. The van der Waals surface area contributed by atoms with Crippen molar-refractivity contribution in [2.24, 2.45) is 0 Å². The van der Waals surface area contributed by atoms with Crippen molar-refractivity contribution in [2.75, 3.05) is 5.75 Å². The molecule has 4 heteroatoms. The maximum atomic E-state index is 11.5. The molecule has 1 aromatic heterocycles. The monoisotopic (exact) mass is 227 g/mol. The Bertz CT molecular complexity index is 346. The summed E-state index contributed by atoms with van der Waals surface area (Å²) in [5.41, 5.74) is 1.05. The largest absolute Gasteiger partial charge is 0.293 e. The van der Waals surface area contributed by atoms with Crippen LogP contribution in [-0.4, -0.2) is 16.5 Å². The Morgan fingerprint density at radius 2 is 2.36 bits per heavy atom. The number of hydrogen-bond donors (Lipinski definition) is 0. The predicted octanol–water partition coefficient (Wildman–Crippen LogP) is 2.92. The molecule has 1 aliphatic rings. The van der Waals surface area contributed by atoms with Gasteiger partial charge in [0.05, 0.1) is 10.6 Å². The number of thiazole rings is 1. The van der Waals surface area contributed by atoms with E-state index in [-0.39, 0.29) is 0 Å². The van der Waals surface area contributed by atoms with Gasteiger partial charge in [-0.25, -0.2) is 4.98 Å². The van der Waals surface area contributed by atoms with E-state index in [1.54, 1.807) is 11.3 Å². The molecular formula is C10H13NOS2. The summed E-state index contributed by atoms with van der Waals surface area (Å²) in [6.07, 6.45) is 2.69. The quantitative estimate of drug-likeness (QED) is 0.795. The third kappa shape index (κ3) is 2.01. The maximum Gasteiger partial charge on any atom is 0.174 e. The van der Waals surface area contributed by atoms with Crippen molar-refractivity contribution in [3.05, 3.63) is 15.6 Å². The number of Topliss-reactive ketones (excluding diaryl/α,β-unsaturated/α-hetero) is 1. The third-order valence-electron chi connectivity index (χ3n) is 2.24. The summed E-state index contributed by atoms with van der Waals surface area (Å²) in [5.74, 6) is 2.37. The fourth-order valence-corrected chi connectivity index (χ4v) is 3.37. The molecule has 0 spiro atoms. The first-order valence-electron chi connectivity index (χ1n) is 4.90. The van der Waals surface area contributed by atoms with Gasteiger partial charge in [0.25, 0.3) is 0 Å². The van der Waals surface area contributed by atoms with Gasteiger partial charge in [-0.05, 0) is 18.6 Å². The number of carbonyl (C=O) groups excluding carboxylic acids is 1. The maximum absolute atomic E-state index is 11.5. The zero-order valence-corrected chi connectivity index (χ0v) is 9.84. The van der Waals surface area contributed by atoms with Crippen LogP contribution in [0.3, 0.4) is 0 Å². The van der Waals surface area contributed by atoms with Crippen LogP contribution in [0.5, 0.6) is 0 Å². The number of carbonyl (C=O) groups is 1. The zero-order valence-electron chi connectivity index (χ0n) is 8.21. The normalized spacial score (nSPS) is 15.6. The van der Waals surface area contributed by atoms with Crippen LogP contribution in [0, 0.1) is 0 Å². The average molecular weight is 227 g/mol. The topological polar surface area (TPSA) is 30.0 Å². The van der Waals surface area contributed by atoms with E-state index in [1.807, 2.05) is 11.8 Å². The van der Waals surface area contributed by atoms with Crippen molar-refractivity contribution < 1.29 is 4.79 Å². The van der Waals surface area contributed by atoms with E-state index in [1.165, 1.54) is 0 Å². The molecule has 14 heavy (non-hydrogen) atoms. The Morgan fingerprint density at radius 3 is 3.07 bits per heavy atom. The predicted molar refractivity (Wildman–Crippen MR) is 61.2 cm³/mol. The van der Waals surface area contributed by atoms with Gasteiger partial charge in [-0.3, -0.25) is 4.79 Å². The van der Waals surface area contributed by atoms with E-state index in [0.29, 0.717) is 5.78 Å². The first-order chi connectivity index (χ1) is 6.81. The second kappa shape index (κ2) is 4.45. The van der Waals surface area contributed by atoms with Crippen molar-refractivity contribution in [1.29, 1.82) is 0 Å². The summed E-state index contributed by atoms with van der Waals surface area (Å²) in [5, 5.41) is 1.12. The molecule has 0 aromatic carbocycles. The smallest absolute Gasteiger partial charge is 0.174 e. The van der Waals surface area contributed by atoms with Crippen molar-refractivity contribution in [1.82, 2.24) is 4.98 Å². The molecule has 0 unspecified atom stereocenters. The van der Waals surface area contributed by atoms with Gasteiger partial charge >= 0.3 is 0 Å². The van der Waals surface area contributed by atoms with E-state index in [0.717, 1.165) is 46.3 Å². The fraction of sp³-hybridized carbons (Fsp3) is 0.600. The minimum Gasteiger partial charge on any atom is -0.293 e. The highest BCUT2D eigenvalue weighted by Crippen LogP contribution is 2.28. The molecule has 1 heterocycles. The molecule has 0 fully saturated rings. The number of nitrogens with zero attached hydrogens (tertiary/aromatic N) is 1.